The number of hydrogen-bond acceptors (Lipinski definition) is 7. The van der Waals surface area contributed by atoms with Crippen molar-refractivity contribution in [3.63, 3.8) is 0 Å². The van der Waals surface area contributed by atoms with Crippen LogP contribution in [0.4, 0.5) is 11.9 Å². The highest BCUT2D eigenvalue weighted by molar-refractivity contribution is 8.00. The lowest BCUT2D eigenvalue weighted by molar-refractivity contribution is 0.312. The topological polar surface area (TPSA) is 77.2 Å². The van der Waals surface area contributed by atoms with Crippen molar-refractivity contribution in [2.75, 3.05) is 36.1 Å². The van der Waals surface area contributed by atoms with Gasteiger partial charge in [-0.2, -0.15) is 26.7 Å². The smallest absolute Gasteiger partial charge is 0.323 e. The van der Waals surface area contributed by atoms with E-state index < -0.39 is 0 Å². The zero-order valence-corrected chi connectivity index (χ0v) is 10.9. The zero-order valence-electron chi connectivity index (χ0n) is 10.1. The van der Waals surface area contributed by atoms with Crippen molar-refractivity contribution in [3.05, 3.63) is 0 Å². The predicted molar refractivity (Wildman–Crippen MR) is 69.5 cm³/mol. The van der Waals surface area contributed by atoms with E-state index in [9.17, 15) is 0 Å². The molecule has 1 aliphatic heterocycles. The van der Waals surface area contributed by atoms with Crippen molar-refractivity contribution in [1.82, 2.24) is 15.0 Å². The maximum absolute atomic E-state index is 5.66. The largest absolute Gasteiger partial charge is 0.464 e. The van der Waals surface area contributed by atoms with Crippen molar-refractivity contribution in [2.24, 2.45) is 0 Å². The molecule has 17 heavy (non-hydrogen) atoms. The molecule has 7 heteroatoms. The highest BCUT2D eigenvalue weighted by atomic mass is 32.2. The summed E-state index contributed by atoms with van der Waals surface area (Å²) >= 11 is 1.96. The van der Waals surface area contributed by atoms with Crippen LogP contribution in [0.2, 0.25) is 0 Å². The van der Waals surface area contributed by atoms with Gasteiger partial charge in [0.1, 0.15) is 0 Å². The molecule has 0 spiro atoms. The fraction of sp³-hybridized carbons (Fsp3) is 0.700. The van der Waals surface area contributed by atoms with Gasteiger partial charge in [0.25, 0.3) is 0 Å². The summed E-state index contributed by atoms with van der Waals surface area (Å²) in [6.07, 6.45) is 0. The molecule has 2 N–H and O–H groups in total. The highest BCUT2D eigenvalue weighted by Gasteiger charge is 2.20. The highest BCUT2D eigenvalue weighted by Crippen LogP contribution is 2.22. The number of rotatable bonds is 3. The summed E-state index contributed by atoms with van der Waals surface area (Å²) in [5, 5.41) is 0.581. The molecule has 0 saturated carbocycles. The van der Waals surface area contributed by atoms with Gasteiger partial charge in [-0.05, 0) is 6.92 Å². The molecule has 1 aromatic rings. The van der Waals surface area contributed by atoms with Crippen molar-refractivity contribution < 1.29 is 4.74 Å². The van der Waals surface area contributed by atoms with E-state index in [2.05, 4.69) is 26.8 Å². The molecular formula is C10H17N5OS. The molecule has 94 valence electrons. The first-order chi connectivity index (χ1) is 8.19. The first-order valence-corrected chi connectivity index (χ1v) is 6.75. The SMILES string of the molecule is CCOc1nc(N)nc(N2CCSC(C)C2)n1. The third-order valence-electron chi connectivity index (χ3n) is 2.42. The first-order valence-electron chi connectivity index (χ1n) is 5.70. The Morgan fingerprint density at radius 2 is 2.29 bits per heavy atom. The van der Waals surface area contributed by atoms with E-state index in [1.807, 2.05) is 18.7 Å². The van der Waals surface area contributed by atoms with Gasteiger partial charge in [0.15, 0.2) is 0 Å². The van der Waals surface area contributed by atoms with Gasteiger partial charge < -0.3 is 15.4 Å². The summed E-state index contributed by atoms with van der Waals surface area (Å²) in [5.74, 6) is 1.91. The lowest BCUT2D eigenvalue weighted by Gasteiger charge is -2.30. The monoisotopic (exact) mass is 255 g/mol. The molecule has 1 aromatic heterocycles. The standard InChI is InChI=1S/C10H17N5OS/c1-3-16-10-13-8(11)12-9(14-10)15-4-5-17-7(2)6-15/h7H,3-6H2,1-2H3,(H2,11,12,13,14). The third kappa shape index (κ3) is 3.12. The Morgan fingerprint density at radius 3 is 3.00 bits per heavy atom. The summed E-state index contributed by atoms with van der Waals surface area (Å²) in [7, 11) is 0. The van der Waals surface area contributed by atoms with Crippen LogP contribution < -0.4 is 15.4 Å². The van der Waals surface area contributed by atoms with E-state index in [0.717, 1.165) is 18.8 Å². The van der Waals surface area contributed by atoms with Gasteiger partial charge >= 0.3 is 6.01 Å². The Kier molecular flexibility index (Phi) is 3.88. The lowest BCUT2D eigenvalue weighted by Crippen LogP contribution is -2.38. The van der Waals surface area contributed by atoms with Gasteiger partial charge in [-0.15, -0.1) is 0 Å². The number of aromatic nitrogens is 3. The van der Waals surface area contributed by atoms with Crippen LogP contribution in [-0.2, 0) is 0 Å². The Morgan fingerprint density at radius 1 is 1.47 bits per heavy atom. The number of ether oxygens (including phenoxy) is 1. The molecule has 0 bridgehead atoms. The third-order valence-corrected chi connectivity index (χ3v) is 3.55. The summed E-state index contributed by atoms with van der Waals surface area (Å²) in [6, 6.07) is 0.306. The maximum atomic E-state index is 5.66. The number of hydrogen-bond donors (Lipinski definition) is 1. The molecule has 0 amide bonds. The maximum Gasteiger partial charge on any atom is 0.323 e. The van der Waals surface area contributed by atoms with Gasteiger partial charge in [0.2, 0.25) is 11.9 Å². The molecule has 2 heterocycles. The van der Waals surface area contributed by atoms with Crippen LogP contribution in [-0.4, -0.2) is 45.7 Å². The second kappa shape index (κ2) is 5.39. The number of nitrogens with zero attached hydrogens (tertiary/aromatic N) is 4. The number of nitrogen functional groups attached to an aromatic ring is 1. The van der Waals surface area contributed by atoms with Crippen molar-refractivity contribution in [1.29, 1.82) is 0 Å². The Balaban J connectivity index is 2.18. The second-order valence-corrected chi connectivity index (χ2v) is 5.38. The molecule has 1 fully saturated rings. The van der Waals surface area contributed by atoms with Gasteiger partial charge in [-0.25, -0.2) is 0 Å². The Labute approximate surface area is 105 Å². The van der Waals surface area contributed by atoms with Crippen molar-refractivity contribution in [3.8, 4) is 6.01 Å². The average Bonchev–Trinajstić information content (AvgIpc) is 2.28. The fourth-order valence-corrected chi connectivity index (χ4v) is 2.71. The summed E-state index contributed by atoms with van der Waals surface area (Å²) < 4.78 is 5.27. The molecule has 1 unspecified atom stereocenters. The van der Waals surface area contributed by atoms with Crippen LogP contribution in [0.1, 0.15) is 13.8 Å². The van der Waals surface area contributed by atoms with Gasteiger partial charge in [0.05, 0.1) is 6.61 Å². The molecule has 0 aromatic carbocycles. The minimum absolute atomic E-state index is 0.212. The van der Waals surface area contributed by atoms with Crippen LogP contribution in [0.5, 0.6) is 6.01 Å². The van der Waals surface area contributed by atoms with E-state index >= 15 is 0 Å². The normalized spacial score (nSPS) is 20.4. The molecule has 1 atom stereocenters. The van der Waals surface area contributed by atoms with Gasteiger partial charge in [-0.3, -0.25) is 0 Å². The average molecular weight is 255 g/mol. The van der Waals surface area contributed by atoms with Gasteiger partial charge in [0, 0.05) is 24.1 Å². The molecule has 2 rings (SSSR count). The van der Waals surface area contributed by atoms with Gasteiger partial charge in [-0.1, -0.05) is 6.92 Å². The van der Waals surface area contributed by atoms with E-state index in [4.69, 9.17) is 10.5 Å². The predicted octanol–water partition coefficient (Wildman–Crippen LogP) is 0.794. The summed E-state index contributed by atoms with van der Waals surface area (Å²) in [4.78, 5) is 14.5. The molecule has 1 saturated heterocycles. The molecule has 0 aliphatic carbocycles. The number of thioether (sulfide) groups is 1. The number of anilines is 2. The van der Waals surface area contributed by atoms with Crippen LogP contribution in [0.15, 0.2) is 0 Å². The van der Waals surface area contributed by atoms with Crippen molar-refractivity contribution in [2.45, 2.75) is 19.1 Å². The Hall–Kier alpha value is -1.24. The van der Waals surface area contributed by atoms with Crippen molar-refractivity contribution >= 4 is 23.7 Å². The molecular weight excluding hydrogens is 238 g/mol. The summed E-state index contributed by atoms with van der Waals surface area (Å²) in [6.45, 7) is 6.48. The fourth-order valence-electron chi connectivity index (χ4n) is 1.70. The van der Waals surface area contributed by atoms with E-state index in [1.165, 1.54) is 0 Å². The van der Waals surface area contributed by atoms with Crippen LogP contribution >= 0.6 is 11.8 Å². The first kappa shape index (κ1) is 12.2. The zero-order chi connectivity index (χ0) is 12.3. The van der Waals surface area contributed by atoms with E-state index in [0.29, 0.717) is 23.8 Å². The van der Waals surface area contributed by atoms with E-state index in [1.54, 1.807) is 0 Å². The minimum Gasteiger partial charge on any atom is -0.464 e. The molecule has 6 nitrogen and oxygen atoms in total. The van der Waals surface area contributed by atoms with E-state index in [-0.39, 0.29) is 5.95 Å². The van der Waals surface area contributed by atoms with Crippen LogP contribution in [0.3, 0.4) is 0 Å². The quantitative estimate of drug-likeness (QED) is 0.855. The lowest BCUT2D eigenvalue weighted by atomic mass is 10.4. The second-order valence-electron chi connectivity index (χ2n) is 3.84. The van der Waals surface area contributed by atoms with Crippen LogP contribution in [0.25, 0.3) is 0 Å². The minimum atomic E-state index is 0.212. The molecule has 0 radical (unpaired) electrons. The molecule has 1 aliphatic rings. The van der Waals surface area contributed by atoms with Crippen LogP contribution in [0, 0.1) is 0 Å². The summed E-state index contributed by atoms with van der Waals surface area (Å²) in [5.41, 5.74) is 5.66. The number of nitrogens with two attached hydrogens (primary N) is 1. The Bertz CT molecular complexity index is 389.